The molecule has 2 aliphatic carbocycles. The lowest BCUT2D eigenvalue weighted by Gasteiger charge is -2.13. The third kappa shape index (κ3) is 1.70. The molecule has 2 heteroatoms. The van der Waals surface area contributed by atoms with Gasteiger partial charge < -0.3 is 5.32 Å². The highest BCUT2D eigenvalue weighted by atomic mass is 16.1. The lowest BCUT2D eigenvalue weighted by atomic mass is 10.0. The highest BCUT2D eigenvalue weighted by molar-refractivity contribution is 5.79. The zero-order valence-electron chi connectivity index (χ0n) is 7.92. The number of terminal acetylenes is 1. The van der Waals surface area contributed by atoms with Crippen LogP contribution < -0.4 is 5.32 Å². The Labute approximate surface area is 79.1 Å². The van der Waals surface area contributed by atoms with Crippen LogP contribution in [0.2, 0.25) is 0 Å². The van der Waals surface area contributed by atoms with Crippen molar-refractivity contribution in [3.63, 3.8) is 0 Å². The summed E-state index contributed by atoms with van der Waals surface area (Å²) in [6.07, 6.45) is 8.73. The van der Waals surface area contributed by atoms with E-state index in [-0.39, 0.29) is 17.9 Å². The molecule has 2 saturated carbocycles. The molecule has 1 amide bonds. The SMILES string of the molecule is C#CC(C)NC(=O)C1CC2CC2C1. The molecule has 0 aromatic rings. The van der Waals surface area contributed by atoms with Gasteiger partial charge in [0.05, 0.1) is 6.04 Å². The Bertz CT molecular complexity index is 256. The third-order valence-electron chi connectivity index (χ3n) is 3.22. The zero-order chi connectivity index (χ0) is 9.42. The number of hydrogen-bond donors (Lipinski definition) is 1. The van der Waals surface area contributed by atoms with Crippen molar-refractivity contribution in [2.24, 2.45) is 17.8 Å². The summed E-state index contributed by atoms with van der Waals surface area (Å²) in [5.74, 6) is 4.64. The number of hydrogen-bond acceptors (Lipinski definition) is 1. The second kappa shape index (κ2) is 3.06. The van der Waals surface area contributed by atoms with Gasteiger partial charge in [-0.05, 0) is 38.0 Å². The summed E-state index contributed by atoms with van der Waals surface area (Å²) in [5.41, 5.74) is 0. The predicted octanol–water partition coefficient (Wildman–Crippen LogP) is 1.17. The van der Waals surface area contributed by atoms with Gasteiger partial charge in [0.25, 0.3) is 0 Å². The number of rotatable bonds is 2. The molecule has 0 aromatic heterocycles. The Balaban J connectivity index is 1.81. The molecular weight excluding hydrogens is 162 g/mol. The van der Waals surface area contributed by atoms with Crippen molar-refractivity contribution < 1.29 is 4.79 Å². The van der Waals surface area contributed by atoms with Crippen molar-refractivity contribution in [3.8, 4) is 12.3 Å². The van der Waals surface area contributed by atoms with E-state index in [4.69, 9.17) is 6.42 Å². The van der Waals surface area contributed by atoms with E-state index in [2.05, 4.69) is 11.2 Å². The van der Waals surface area contributed by atoms with Gasteiger partial charge in [0, 0.05) is 5.92 Å². The van der Waals surface area contributed by atoms with Crippen LogP contribution in [0.5, 0.6) is 0 Å². The summed E-state index contributed by atoms with van der Waals surface area (Å²) >= 11 is 0. The molecule has 0 saturated heterocycles. The minimum Gasteiger partial charge on any atom is -0.343 e. The number of carbonyl (C=O) groups is 1. The molecule has 0 spiro atoms. The zero-order valence-corrected chi connectivity index (χ0v) is 7.92. The Kier molecular flexibility index (Phi) is 2.03. The maximum Gasteiger partial charge on any atom is 0.224 e. The number of amides is 1. The van der Waals surface area contributed by atoms with Gasteiger partial charge in [0.15, 0.2) is 0 Å². The van der Waals surface area contributed by atoms with Crippen molar-refractivity contribution in [1.82, 2.24) is 5.32 Å². The van der Waals surface area contributed by atoms with Crippen LogP contribution in [0.15, 0.2) is 0 Å². The summed E-state index contributed by atoms with van der Waals surface area (Å²) < 4.78 is 0. The van der Waals surface area contributed by atoms with Gasteiger partial charge in [-0.3, -0.25) is 4.79 Å². The smallest absolute Gasteiger partial charge is 0.224 e. The Hall–Kier alpha value is -0.970. The van der Waals surface area contributed by atoms with Crippen molar-refractivity contribution in [2.45, 2.75) is 32.2 Å². The van der Waals surface area contributed by atoms with E-state index in [0.29, 0.717) is 0 Å². The molecule has 3 atom stereocenters. The van der Waals surface area contributed by atoms with Crippen LogP contribution in [0.4, 0.5) is 0 Å². The van der Waals surface area contributed by atoms with Crippen LogP contribution in [0.25, 0.3) is 0 Å². The van der Waals surface area contributed by atoms with Crippen LogP contribution in [0, 0.1) is 30.1 Å². The topological polar surface area (TPSA) is 29.1 Å². The first-order chi connectivity index (χ1) is 6.20. The number of fused-ring (bicyclic) bond motifs is 1. The van der Waals surface area contributed by atoms with Crippen LogP contribution in [0.3, 0.4) is 0 Å². The summed E-state index contributed by atoms with van der Waals surface area (Å²) in [7, 11) is 0. The van der Waals surface area contributed by atoms with Gasteiger partial charge in [-0.15, -0.1) is 6.42 Å². The summed E-state index contributed by atoms with van der Waals surface area (Å²) in [4.78, 5) is 11.6. The van der Waals surface area contributed by atoms with Gasteiger partial charge in [-0.25, -0.2) is 0 Å². The van der Waals surface area contributed by atoms with Gasteiger partial charge in [0.2, 0.25) is 5.91 Å². The monoisotopic (exact) mass is 177 g/mol. The largest absolute Gasteiger partial charge is 0.343 e. The summed E-state index contributed by atoms with van der Waals surface area (Å²) in [6.45, 7) is 1.84. The first kappa shape index (κ1) is 8.62. The lowest BCUT2D eigenvalue weighted by molar-refractivity contribution is -0.125. The van der Waals surface area contributed by atoms with Gasteiger partial charge in [-0.1, -0.05) is 5.92 Å². The van der Waals surface area contributed by atoms with E-state index in [1.807, 2.05) is 6.92 Å². The highest BCUT2D eigenvalue weighted by Crippen LogP contribution is 2.54. The fourth-order valence-corrected chi connectivity index (χ4v) is 2.30. The number of carbonyl (C=O) groups excluding carboxylic acids is 1. The lowest BCUT2D eigenvalue weighted by Crippen LogP contribution is -2.35. The van der Waals surface area contributed by atoms with E-state index in [9.17, 15) is 4.79 Å². The molecule has 0 heterocycles. The van der Waals surface area contributed by atoms with Crippen LogP contribution >= 0.6 is 0 Å². The Morgan fingerprint density at radius 1 is 1.46 bits per heavy atom. The van der Waals surface area contributed by atoms with Crippen molar-refractivity contribution in [2.75, 3.05) is 0 Å². The molecule has 2 fully saturated rings. The van der Waals surface area contributed by atoms with Crippen LogP contribution in [-0.2, 0) is 4.79 Å². The maximum atomic E-state index is 11.6. The molecule has 2 rings (SSSR count). The molecule has 2 nitrogen and oxygen atoms in total. The maximum absolute atomic E-state index is 11.6. The van der Waals surface area contributed by atoms with Crippen molar-refractivity contribution in [3.05, 3.63) is 0 Å². The third-order valence-corrected chi connectivity index (χ3v) is 3.22. The second-order valence-electron chi connectivity index (χ2n) is 4.32. The molecule has 0 radical (unpaired) electrons. The average molecular weight is 177 g/mol. The van der Waals surface area contributed by atoms with E-state index in [1.54, 1.807) is 0 Å². The molecular formula is C11H15NO. The molecule has 2 aliphatic rings. The fraction of sp³-hybridized carbons (Fsp3) is 0.727. The Morgan fingerprint density at radius 3 is 2.62 bits per heavy atom. The minimum atomic E-state index is -0.121. The minimum absolute atomic E-state index is 0.121. The highest BCUT2D eigenvalue weighted by Gasteiger charge is 2.47. The normalized spacial score (nSPS) is 37.4. The molecule has 0 aromatic carbocycles. The van der Waals surface area contributed by atoms with E-state index in [0.717, 1.165) is 24.7 Å². The second-order valence-corrected chi connectivity index (χ2v) is 4.32. The van der Waals surface area contributed by atoms with Crippen LogP contribution in [-0.4, -0.2) is 11.9 Å². The van der Waals surface area contributed by atoms with E-state index < -0.39 is 0 Å². The molecule has 70 valence electrons. The Morgan fingerprint density at radius 2 is 2.08 bits per heavy atom. The van der Waals surface area contributed by atoms with Crippen molar-refractivity contribution in [1.29, 1.82) is 0 Å². The first-order valence-corrected chi connectivity index (χ1v) is 4.97. The summed E-state index contributed by atoms with van der Waals surface area (Å²) in [5, 5.41) is 2.84. The summed E-state index contributed by atoms with van der Waals surface area (Å²) in [6, 6.07) is -0.121. The quantitative estimate of drug-likeness (QED) is 0.630. The van der Waals surface area contributed by atoms with Gasteiger partial charge in [0.1, 0.15) is 0 Å². The average Bonchev–Trinajstić information content (AvgIpc) is 2.73. The molecule has 3 unspecified atom stereocenters. The first-order valence-electron chi connectivity index (χ1n) is 4.97. The van der Waals surface area contributed by atoms with Gasteiger partial charge in [-0.2, -0.15) is 0 Å². The molecule has 1 N–H and O–H groups in total. The van der Waals surface area contributed by atoms with Gasteiger partial charge >= 0.3 is 0 Å². The van der Waals surface area contributed by atoms with E-state index >= 15 is 0 Å². The molecule has 0 aliphatic heterocycles. The fourth-order valence-electron chi connectivity index (χ4n) is 2.30. The predicted molar refractivity (Wildman–Crippen MR) is 50.8 cm³/mol. The van der Waals surface area contributed by atoms with Crippen molar-refractivity contribution >= 4 is 5.91 Å². The molecule has 13 heavy (non-hydrogen) atoms. The molecule has 0 bridgehead atoms. The van der Waals surface area contributed by atoms with Crippen LogP contribution in [0.1, 0.15) is 26.2 Å². The van der Waals surface area contributed by atoms with E-state index in [1.165, 1.54) is 6.42 Å². The standard InChI is InChI=1S/C11H15NO/c1-3-7(2)12-11(13)10-5-8-4-9(8)6-10/h1,7-10H,4-6H2,2H3,(H,12,13). The number of nitrogens with one attached hydrogen (secondary N) is 1.